The van der Waals surface area contributed by atoms with Crippen molar-refractivity contribution < 1.29 is 19.2 Å². The van der Waals surface area contributed by atoms with Crippen LogP contribution in [0.1, 0.15) is 71.5 Å². The maximum atomic E-state index is 12.8. The molecule has 1 spiro atoms. The van der Waals surface area contributed by atoms with Crippen LogP contribution in [0.3, 0.4) is 0 Å². The van der Waals surface area contributed by atoms with Gasteiger partial charge in [-0.25, -0.2) is 0 Å². The third-order valence-electron chi connectivity index (χ3n) is 7.55. The van der Waals surface area contributed by atoms with Crippen LogP contribution in [0, 0.1) is 11.3 Å². The van der Waals surface area contributed by atoms with E-state index in [9.17, 15) is 15.2 Å². The highest BCUT2D eigenvalue weighted by molar-refractivity contribution is 5.91. The number of aliphatic hydroxyl groups is 1. The van der Waals surface area contributed by atoms with Gasteiger partial charge in [0, 0.05) is 30.6 Å². The Balaban J connectivity index is 1.33. The van der Waals surface area contributed by atoms with Gasteiger partial charge in [0.25, 0.3) is 5.91 Å². The Kier molecular flexibility index (Phi) is 7.26. The summed E-state index contributed by atoms with van der Waals surface area (Å²) in [5, 5.41) is 30.7. The van der Waals surface area contributed by atoms with Crippen molar-refractivity contribution in [2.45, 2.75) is 69.2 Å². The Morgan fingerprint density at radius 1 is 1.24 bits per heavy atom. The zero-order chi connectivity index (χ0) is 25.8. The molecule has 1 saturated carbocycles. The summed E-state index contributed by atoms with van der Waals surface area (Å²) in [6.07, 6.45) is 5.88. The van der Waals surface area contributed by atoms with E-state index >= 15 is 0 Å². The smallest absolute Gasteiger partial charge is 0.290 e. The molecule has 2 aliphatic rings. The van der Waals surface area contributed by atoms with Crippen LogP contribution in [0.4, 0.5) is 0 Å². The molecule has 3 aromatic rings. The summed E-state index contributed by atoms with van der Waals surface area (Å²) < 4.78 is 11.4. The molecule has 1 aliphatic carbocycles. The van der Waals surface area contributed by atoms with Crippen LogP contribution in [-0.2, 0) is 12.8 Å². The van der Waals surface area contributed by atoms with E-state index in [4.69, 9.17) is 9.26 Å². The molecule has 1 amide bonds. The van der Waals surface area contributed by atoms with Crippen LogP contribution >= 0.6 is 0 Å². The molecule has 3 N–H and O–H groups in total. The fraction of sp³-hybridized carbons (Fsp3) is 0.414. The van der Waals surface area contributed by atoms with E-state index in [0.717, 1.165) is 49.0 Å². The third-order valence-corrected chi connectivity index (χ3v) is 7.55. The average molecular weight is 501 g/mol. The minimum Gasteiger partial charge on any atom is -0.487 e. The van der Waals surface area contributed by atoms with Gasteiger partial charge in [0.15, 0.2) is 0 Å². The second-order valence-corrected chi connectivity index (χ2v) is 10.1. The first-order chi connectivity index (χ1) is 18.0. The van der Waals surface area contributed by atoms with E-state index in [0.29, 0.717) is 12.0 Å². The molecule has 2 aromatic carbocycles. The quantitative estimate of drug-likeness (QED) is 0.408. The van der Waals surface area contributed by atoms with Crippen molar-refractivity contribution in [2.24, 2.45) is 0 Å². The topological polar surface area (TPSA) is 120 Å². The Labute approximate surface area is 216 Å². The number of ether oxygens (including phenoxy) is 1. The van der Waals surface area contributed by atoms with Crippen molar-refractivity contribution >= 4 is 5.91 Å². The Morgan fingerprint density at radius 2 is 2.11 bits per heavy atom. The average Bonchev–Trinajstić information content (AvgIpc) is 3.45. The lowest BCUT2D eigenvalue weighted by Crippen LogP contribution is -2.52. The third kappa shape index (κ3) is 5.53. The normalized spacial score (nSPS) is 19.1. The van der Waals surface area contributed by atoms with Gasteiger partial charge >= 0.3 is 0 Å². The van der Waals surface area contributed by atoms with E-state index < -0.39 is 18.1 Å². The van der Waals surface area contributed by atoms with Gasteiger partial charge < -0.3 is 25.0 Å². The highest BCUT2D eigenvalue weighted by Crippen LogP contribution is 2.49. The number of hydrogen-bond donors (Lipinski definition) is 3. The number of nitrogens with one attached hydrogen (secondary N) is 2. The summed E-state index contributed by atoms with van der Waals surface area (Å²) in [7, 11) is 0. The maximum absolute atomic E-state index is 12.8. The van der Waals surface area contributed by atoms with Gasteiger partial charge in [0.2, 0.25) is 5.76 Å². The second kappa shape index (κ2) is 10.8. The summed E-state index contributed by atoms with van der Waals surface area (Å²) in [4.78, 5) is 12.8. The van der Waals surface area contributed by atoms with E-state index in [2.05, 4.69) is 47.0 Å². The lowest BCUT2D eigenvalue weighted by atomic mass is 9.72. The standard InChI is InChI=1S/C29H32N4O4/c1-2-19-7-8-26-22(14-19)24(16-29(36-26)10-4-11-29)31-18-25(34)23(33-28(35)27-9-12-32-37-27)15-20-5-3-6-21(13-20)17-30/h3,5-9,12-14,23-25,31,34H,2,4,10-11,15-16,18H2,1H3,(H,33,35)/t23-,24-,25+/m0/s1. The lowest BCUT2D eigenvalue weighted by Gasteiger charge is -2.48. The van der Waals surface area contributed by atoms with Crippen LogP contribution in [0.25, 0.3) is 0 Å². The van der Waals surface area contributed by atoms with Gasteiger partial charge in [-0.2, -0.15) is 5.26 Å². The van der Waals surface area contributed by atoms with Crippen LogP contribution in [0.5, 0.6) is 5.75 Å². The zero-order valence-corrected chi connectivity index (χ0v) is 20.9. The van der Waals surface area contributed by atoms with Crippen LogP contribution in [0.2, 0.25) is 0 Å². The number of aromatic nitrogens is 1. The molecule has 1 aliphatic heterocycles. The minimum absolute atomic E-state index is 0.0396. The molecule has 1 fully saturated rings. The molecule has 8 heteroatoms. The maximum Gasteiger partial charge on any atom is 0.290 e. The van der Waals surface area contributed by atoms with Crippen LogP contribution in [0.15, 0.2) is 59.3 Å². The fourth-order valence-corrected chi connectivity index (χ4v) is 5.28. The molecule has 0 radical (unpaired) electrons. The predicted octanol–water partition coefficient (Wildman–Crippen LogP) is 3.85. The molecule has 2 heterocycles. The number of benzene rings is 2. The van der Waals surface area contributed by atoms with Crippen molar-refractivity contribution in [3.8, 4) is 11.8 Å². The van der Waals surface area contributed by atoms with Crippen LogP contribution in [-0.4, -0.2) is 40.5 Å². The number of amides is 1. The van der Waals surface area contributed by atoms with Crippen LogP contribution < -0.4 is 15.4 Å². The lowest BCUT2D eigenvalue weighted by molar-refractivity contribution is -0.0382. The van der Waals surface area contributed by atoms with Gasteiger partial charge in [0.1, 0.15) is 11.4 Å². The van der Waals surface area contributed by atoms with Crippen molar-refractivity contribution in [1.82, 2.24) is 15.8 Å². The first-order valence-corrected chi connectivity index (χ1v) is 12.9. The molecule has 5 rings (SSSR count). The molecule has 3 atom stereocenters. The Morgan fingerprint density at radius 3 is 2.81 bits per heavy atom. The molecule has 37 heavy (non-hydrogen) atoms. The number of nitrogens with zero attached hydrogens (tertiary/aromatic N) is 2. The van der Waals surface area contributed by atoms with Gasteiger partial charge in [-0.1, -0.05) is 36.3 Å². The first kappa shape index (κ1) is 25.0. The van der Waals surface area contributed by atoms with Crippen molar-refractivity contribution in [1.29, 1.82) is 5.26 Å². The number of fused-ring (bicyclic) bond motifs is 1. The summed E-state index contributed by atoms with van der Waals surface area (Å²) in [6, 6.07) is 16.6. The Bertz CT molecular complexity index is 1280. The monoisotopic (exact) mass is 500 g/mol. The summed E-state index contributed by atoms with van der Waals surface area (Å²) in [5.74, 6) is 0.544. The molecular formula is C29H32N4O4. The Hall–Kier alpha value is -3.67. The van der Waals surface area contributed by atoms with Crippen molar-refractivity contribution in [3.05, 3.63) is 82.7 Å². The zero-order valence-electron chi connectivity index (χ0n) is 20.9. The number of carbonyl (C=O) groups is 1. The number of rotatable bonds is 9. The van der Waals surface area contributed by atoms with E-state index in [-0.39, 0.29) is 23.9 Å². The molecule has 0 saturated heterocycles. The fourth-order valence-electron chi connectivity index (χ4n) is 5.28. The molecule has 192 valence electrons. The SMILES string of the molecule is CCc1ccc2c(c1)[C@@H](NC[C@@H](O)[C@H](Cc1cccc(C#N)c1)NC(=O)c1ccno1)CC1(CCC1)O2. The number of nitriles is 1. The van der Waals surface area contributed by atoms with E-state index in [1.54, 1.807) is 18.2 Å². The van der Waals surface area contributed by atoms with E-state index in [1.165, 1.54) is 17.8 Å². The van der Waals surface area contributed by atoms with Gasteiger partial charge in [-0.05, 0) is 61.4 Å². The van der Waals surface area contributed by atoms with Crippen molar-refractivity contribution in [3.63, 3.8) is 0 Å². The second-order valence-electron chi connectivity index (χ2n) is 10.1. The van der Waals surface area contributed by atoms with Gasteiger partial charge in [-0.15, -0.1) is 0 Å². The van der Waals surface area contributed by atoms with Crippen molar-refractivity contribution in [2.75, 3.05) is 6.54 Å². The molecule has 1 aromatic heterocycles. The summed E-state index contributed by atoms with van der Waals surface area (Å²) in [6.45, 7) is 2.41. The molecule has 8 nitrogen and oxygen atoms in total. The van der Waals surface area contributed by atoms with Gasteiger partial charge in [0.05, 0.1) is 30.0 Å². The number of aliphatic hydroxyl groups excluding tert-OH is 1. The van der Waals surface area contributed by atoms with Gasteiger partial charge in [-0.3, -0.25) is 4.79 Å². The largest absolute Gasteiger partial charge is 0.487 e. The minimum atomic E-state index is -0.893. The summed E-state index contributed by atoms with van der Waals surface area (Å²) >= 11 is 0. The highest BCUT2D eigenvalue weighted by Gasteiger charge is 2.45. The predicted molar refractivity (Wildman–Crippen MR) is 137 cm³/mol. The first-order valence-electron chi connectivity index (χ1n) is 12.9. The highest BCUT2D eigenvalue weighted by atomic mass is 16.5. The number of carbonyl (C=O) groups excluding carboxylic acids is 1. The summed E-state index contributed by atoms with van der Waals surface area (Å²) in [5.41, 5.74) is 3.60. The molecular weight excluding hydrogens is 468 g/mol. The molecule has 0 bridgehead atoms. The number of hydrogen-bond acceptors (Lipinski definition) is 7. The van der Waals surface area contributed by atoms with E-state index in [1.807, 2.05) is 6.07 Å². The number of aryl methyl sites for hydroxylation is 1. The molecule has 0 unspecified atom stereocenters.